The van der Waals surface area contributed by atoms with Crippen molar-refractivity contribution in [2.75, 3.05) is 0 Å². The van der Waals surface area contributed by atoms with E-state index in [1.54, 1.807) is 0 Å². The fourth-order valence-electron chi connectivity index (χ4n) is 1.74. The van der Waals surface area contributed by atoms with E-state index in [0.717, 1.165) is 12.1 Å². The summed E-state index contributed by atoms with van der Waals surface area (Å²) in [6.45, 7) is 1.53. The van der Waals surface area contributed by atoms with Crippen LogP contribution in [0.5, 0.6) is 0 Å². The quantitative estimate of drug-likeness (QED) is 0.420. The monoisotopic (exact) mass is 288 g/mol. The summed E-state index contributed by atoms with van der Waals surface area (Å²) >= 11 is 6.03. The van der Waals surface area contributed by atoms with Crippen LogP contribution in [0.1, 0.15) is 22.1 Å². The summed E-state index contributed by atoms with van der Waals surface area (Å²) in [5.41, 5.74) is 0.559. The highest BCUT2D eigenvalue weighted by atomic mass is 35.5. The van der Waals surface area contributed by atoms with Crippen molar-refractivity contribution in [2.24, 2.45) is 0 Å². The molecule has 0 bridgehead atoms. The number of benzene rings is 2. The standard InChI is InChI=1S/C14H9ClF4/c1-7-6-8(2-4-10(7)16)12(15)9-3-5-11(17)14(19)13(9)18/h2-6,12H,1H3. The van der Waals surface area contributed by atoms with Gasteiger partial charge in [0, 0.05) is 5.56 Å². The smallest absolute Gasteiger partial charge is 0.194 e. The van der Waals surface area contributed by atoms with Crippen molar-refractivity contribution in [1.82, 2.24) is 0 Å². The molecule has 0 heterocycles. The molecule has 19 heavy (non-hydrogen) atoms. The first-order valence-electron chi connectivity index (χ1n) is 5.45. The topological polar surface area (TPSA) is 0 Å². The highest BCUT2D eigenvalue weighted by Crippen LogP contribution is 2.32. The molecule has 0 spiro atoms. The van der Waals surface area contributed by atoms with Crippen molar-refractivity contribution in [1.29, 1.82) is 0 Å². The molecule has 0 saturated carbocycles. The first-order chi connectivity index (χ1) is 8.91. The SMILES string of the molecule is Cc1cc(C(Cl)c2ccc(F)c(F)c2F)ccc1F. The van der Waals surface area contributed by atoms with Crippen LogP contribution >= 0.6 is 11.6 Å². The van der Waals surface area contributed by atoms with E-state index in [9.17, 15) is 17.6 Å². The Hall–Kier alpha value is -1.55. The van der Waals surface area contributed by atoms with E-state index >= 15 is 0 Å². The Morgan fingerprint density at radius 2 is 1.53 bits per heavy atom. The second-order valence-electron chi connectivity index (χ2n) is 4.14. The summed E-state index contributed by atoms with van der Waals surface area (Å²) in [7, 11) is 0. The van der Waals surface area contributed by atoms with E-state index in [4.69, 9.17) is 11.6 Å². The summed E-state index contributed by atoms with van der Waals surface area (Å²) in [6.07, 6.45) is 0. The van der Waals surface area contributed by atoms with Gasteiger partial charge in [-0.15, -0.1) is 11.6 Å². The highest BCUT2D eigenvalue weighted by molar-refractivity contribution is 6.22. The van der Waals surface area contributed by atoms with E-state index in [1.165, 1.54) is 25.1 Å². The van der Waals surface area contributed by atoms with Crippen molar-refractivity contribution in [3.05, 3.63) is 70.3 Å². The zero-order chi connectivity index (χ0) is 14.2. The van der Waals surface area contributed by atoms with Gasteiger partial charge >= 0.3 is 0 Å². The summed E-state index contributed by atoms with van der Waals surface area (Å²) in [6, 6.07) is 5.88. The molecule has 2 aromatic carbocycles. The molecule has 0 fully saturated rings. The number of alkyl halides is 1. The molecule has 0 amide bonds. The van der Waals surface area contributed by atoms with Crippen LogP contribution in [-0.4, -0.2) is 0 Å². The molecule has 0 aliphatic heterocycles. The third-order valence-corrected chi connectivity index (χ3v) is 3.30. The molecule has 1 unspecified atom stereocenters. The highest BCUT2D eigenvalue weighted by Gasteiger charge is 2.21. The second kappa shape index (κ2) is 5.21. The van der Waals surface area contributed by atoms with Gasteiger partial charge in [-0.3, -0.25) is 0 Å². The number of rotatable bonds is 2. The van der Waals surface area contributed by atoms with Crippen LogP contribution in [0.2, 0.25) is 0 Å². The van der Waals surface area contributed by atoms with Crippen molar-refractivity contribution < 1.29 is 17.6 Å². The molecule has 2 aromatic rings. The molecule has 2 rings (SSSR count). The van der Waals surface area contributed by atoms with Crippen molar-refractivity contribution >= 4 is 11.6 Å². The van der Waals surface area contributed by atoms with Gasteiger partial charge in [0.05, 0.1) is 5.38 Å². The third-order valence-electron chi connectivity index (χ3n) is 2.81. The van der Waals surface area contributed by atoms with Gasteiger partial charge in [-0.25, -0.2) is 17.6 Å². The molecule has 0 N–H and O–H groups in total. The fraction of sp³-hybridized carbons (Fsp3) is 0.143. The Morgan fingerprint density at radius 1 is 0.895 bits per heavy atom. The van der Waals surface area contributed by atoms with E-state index in [2.05, 4.69) is 0 Å². The first kappa shape index (κ1) is 13.9. The normalized spacial score (nSPS) is 12.5. The lowest BCUT2D eigenvalue weighted by Crippen LogP contribution is -2.02. The molecule has 1 atom stereocenters. The summed E-state index contributed by atoms with van der Waals surface area (Å²) in [5.74, 6) is -4.59. The molecule has 0 aliphatic carbocycles. The van der Waals surface area contributed by atoms with E-state index in [0.29, 0.717) is 11.1 Å². The van der Waals surface area contributed by atoms with E-state index in [-0.39, 0.29) is 5.56 Å². The summed E-state index contributed by atoms with van der Waals surface area (Å²) < 4.78 is 52.7. The van der Waals surface area contributed by atoms with Gasteiger partial charge < -0.3 is 0 Å². The Kier molecular flexibility index (Phi) is 3.80. The van der Waals surface area contributed by atoms with Gasteiger partial charge in [-0.05, 0) is 30.2 Å². The zero-order valence-corrected chi connectivity index (χ0v) is 10.6. The van der Waals surface area contributed by atoms with Crippen molar-refractivity contribution in [3.8, 4) is 0 Å². The third kappa shape index (κ3) is 2.59. The minimum atomic E-state index is -1.57. The minimum absolute atomic E-state index is 0.188. The van der Waals surface area contributed by atoms with Crippen molar-refractivity contribution in [3.63, 3.8) is 0 Å². The van der Waals surface area contributed by atoms with Gasteiger partial charge in [0.15, 0.2) is 17.5 Å². The largest absolute Gasteiger partial charge is 0.207 e. The zero-order valence-electron chi connectivity index (χ0n) is 9.85. The molecular formula is C14H9ClF4. The predicted octanol–water partition coefficient (Wildman–Crippen LogP) is 4.88. The molecule has 0 aromatic heterocycles. The van der Waals surface area contributed by atoms with Crippen molar-refractivity contribution in [2.45, 2.75) is 12.3 Å². The first-order valence-corrected chi connectivity index (χ1v) is 5.89. The van der Waals surface area contributed by atoms with Gasteiger partial charge in [-0.2, -0.15) is 0 Å². The second-order valence-corrected chi connectivity index (χ2v) is 4.57. The number of hydrogen-bond acceptors (Lipinski definition) is 0. The van der Waals surface area contributed by atoms with Crippen LogP contribution in [0.3, 0.4) is 0 Å². The molecule has 100 valence electrons. The Morgan fingerprint density at radius 3 is 2.16 bits per heavy atom. The maximum atomic E-state index is 13.6. The fourth-order valence-corrected chi connectivity index (χ4v) is 2.05. The Bertz CT molecular complexity index is 625. The molecule has 5 heteroatoms. The van der Waals surface area contributed by atoms with Crippen LogP contribution < -0.4 is 0 Å². The Balaban J connectivity index is 2.47. The van der Waals surface area contributed by atoms with Crippen LogP contribution in [0.15, 0.2) is 30.3 Å². The lowest BCUT2D eigenvalue weighted by Gasteiger charge is -2.13. The molecule has 0 saturated heterocycles. The molecule has 0 nitrogen and oxygen atoms in total. The number of halogens is 5. The van der Waals surface area contributed by atoms with Gasteiger partial charge in [0.2, 0.25) is 0 Å². The maximum absolute atomic E-state index is 13.6. The minimum Gasteiger partial charge on any atom is -0.207 e. The lowest BCUT2D eigenvalue weighted by molar-refractivity contribution is 0.441. The number of hydrogen-bond donors (Lipinski definition) is 0. The van der Waals surface area contributed by atoms with Gasteiger partial charge in [0.1, 0.15) is 5.82 Å². The Labute approximate surface area is 112 Å². The van der Waals surface area contributed by atoms with Gasteiger partial charge in [0.25, 0.3) is 0 Å². The van der Waals surface area contributed by atoms with Crippen LogP contribution in [0.4, 0.5) is 17.6 Å². The van der Waals surface area contributed by atoms with E-state index in [1.807, 2.05) is 0 Å². The van der Waals surface area contributed by atoms with Crippen LogP contribution in [0, 0.1) is 30.2 Å². The summed E-state index contributed by atoms with van der Waals surface area (Å²) in [5, 5.41) is -1.02. The predicted molar refractivity (Wildman–Crippen MR) is 65.1 cm³/mol. The lowest BCUT2D eigenvalue weighted by atomic mass is 10.0. The van der Waals surface area contributed by atoms with E-state index < -0.39 is 28.6 Å². The van der Waals surface area contributed by atoms with Crippen LogP contribution in [0.25, 0.3) is 0 Å². The molecule has 0 aliphatic rings. The number of aryl methyl sites for hydroxylation is 1. The van der Waals surface area contributed by atoms with Crippen LogP contribution in [-0.2, 0) is 0 Å². The molecular weight excluding hydrogens is 280 g/mol. The molecule has 0 radical (unpaired) electrons. The van der Waals surface area contributed by atoms with Gasteiger partial charge in [-0.1, -0.05) is 18.2 Å². The summed E-state index contributed by atoms with van der Waals surface area (Å²) in [4.78, 5) is 0. The average molecular weight is 289 g/mol. The average Bonchev–Trinajstić information content (AvgIpc) is 2.39. The maximum Gasteiger partial charge on any atom is 0.194 e.